The first-order valence-corrected chi connectivity index (χ1v) is 8.69. The number of fused-ring (bicyclic) bond motifs is 1. The van der Waals surface area contributed by atoms with E-state index in [1.54, 1.807) is 7.11 Å². The van der Waals surface area contributed by atoms with E-state index in [9.17, 15) is 0 Å². The topological polar surface area (TPSA) is 12.5 Å². The van der Waals surface area contributed by atoms with Crippen LogP contribution < -0.4 is 4.74 Å². The van der Waals surface area contributed by atoms with Crippen molar-refractivity contribution in [1.29, 1.82) is 0 Å². The molecule has 0 aliphatic carbocycles. The lowest BCUT2D eigenvalue weighted by molar-refractivity contribution is 0.275. The van der Waals surface area contributed by atoms with Crippen LogP contribution >= 0.6 is 0 Å². The van der Waals surface area contributed by atoms with E-state index in [1.807, 2.05) is 39.8 Å². The lowest BCUT2D eigenvalue weighted by atomic mass is 10.1. The number of aryl methyl sites for hydroxylation is 1. The van der Waals surface area contributed by atoms with Gasteiger partial charge in [-0.2, -0.15) is 0 Å². The van der Waals surface area contributed by atoms with Crippen molar-refractivity contribution in [2.45, 2.75) is 54.3 Å². The second-order valence-electron chi connectivity index (χ2n) is 5.21. The smallest absolute Gasteiger partial charge is 0.118 e. The molecule has 1 aliphatic heterocycles. The maximum atomic E-state index is 5.19. The highest BCUT2D eigenvalue weighted by atomic mass is 16.5. The Bertz CT molecular complexity index is 575. The summed E-state index contributed by atoms with van der Waals surface area (Å²) in [4.78, 5) is 2.49. The van der Waals surface area contributed by atoms with Gasteiger partial charge < -0.3 is 4.74 Å². The highest BCUT2D eigenvalue weighted by Gasteiger charge is 2.19. The van der Waals surface area contributed by atoms with Crippen molar-refractivity contribution in [3.8, 4) is 5.75 Å². The van der Waals surface area contributed by atoms with Gasteiger partial charge in [0, 0.05) is 19.6 Å². The largest absolute Gasteiger partial charge is 0.497 e. The Morgan fingerprint density at radius 1 is 0.913 bits per heavy atom. The van der Waals surface area contributed by atoms with Crippen LogP contribution in [0.2, 0.25) is 0 Å². The first kappa shape index (κ1) is 19.2. The lowest BCUT2D eigenvalue weighted by Crippen LogP contribution is -2.15. The standard InChI is InChI=1S/C17H19NO.2C2H6/c1-13-4-3-5-15-11-18(12-17(13)15)10-14-6-8-16(19-2)9-7-14;2*1-2/h3-9H,10-12H2,1-2H3;2*1-2H3. The number of ether oxygens (including phenoxy) is 1. The summed E-state index contributed by atoms with van der Waals surface area (Å²) < 4.78 is 5.19. The molecule has 0 saturated heterocycles. The molecule has 0 N–H and O–H groups in total. The van der Waals surface area contributed by atoms with Crippen LogP contribution in [0, 0.1) is 6.92 Å². The molecule has 2 aromatic rings. The van der Waals surface area contributed by atoms with Gasteiger partial charge in [0.15, 0.2) is 0 Å². The van der Waals surface area contributed by atoms with E-state index in [4.69, 9.17) is 4.74 Å². The molecule has 2 aromatic carbocycles. The van der Waals surface area contributed by atoms with Gasteiger partial charge in [-0.1, -0.05) is 58.0 Å². The summed E-state index contributed by atoms with van der Waals surface area (Å²) in [6.45, 7) is 13.3. The second kappa shape index (κ2) is 10.1. The van der Waals surface area contributed by atoms with Crippen LogP contribution in [-0.2, 0) is 19.6 Å². The normalized spacial score (nSPS) is 12.4. The van der Waals surface area contributed by atoms with Crippen LogP contribution in [0.15, 0.2) is 42.5 Å². The zero-order valence-corrected chi connectivity index (χ0v) is 15.5. The van der Waals surface area contributed by atoms with Gasteiger partial charge in [-0.3, -0.25) is 4.90 Å². The zero-order valence-electron chi connectivity index (χ0n) is 15.5. The Labute approximate surface area is 142 Å². The van der Waals surface area contributed by atoms with Gasteiger partial charge in [0.05, 0.1) is 7.11 Å². The molecule has 0 saturated carbocycles. The number of hydrogen-bond acceptors (Lipinski definition) is 2. The van der Waals surface area contributed by atoms with Gasteiger partial charge >= 0.3 is 0 Å². The van der Waals surface area contributed by atoms with Gasteiger partial charge in [0.25, 0.3) is 0 Å². The molecule has 126 valence electrons. The third-order valence-corrected chi connectivity index (χ3v) is 3.85. The molecule has 0 fully saturated rings. The van der Waals surface area contributed by atoms with E-state index < -0.39 is 0 Å². The highest BCUT2D eigenvalue weighted by Crippen LogP contribution is 2.27. The van der Waals surface area contributed by atoms with Gasteiger partial charge in [-0.15, -0.1) is 0 Å². The molecule has 23 heavy (non-hydrogen) atoms. The Morgan fingerprint density at radius 3 is 2.13 bits per heavy atom. The molecule has 0 atom stereocenters. The second-order valence-corrected chi connectivity index (χ2v) is 5.21. The van der Waals surface area contributed by atoms with Crippen LogP contribution in [0.3, 0.4) is 0 Å². The van der Waals surface area contributed by atoms with Crippen molar-refractivity contribution in [2.75, 3.05) is 7.11 Å². The summed E-state index contributed by atoms with van der Waals surface area (Å²) in [5, 5.41) is 0. The molecule has 2 heteroatoms. The summed E-state index contributed by atoms with van der Waals surface area (Å²) in [6, 6.07) is 15.0. The molecular formula is C21H31NO. The van der Waals surface area contributed by atoms with Gasteiger partial charge in [-0.05, 0) is 41.3 Å². The van der Waals surface area contributed by atoms with Gasteiger partial charge in [0.1, 0.15) is 5.75 Å². The fraction of sp³-hybridized carbons (Fsp3) is 0.429. The predicted octanol–water partition coefficient (Wildman–Crippen LogP) is 5.57. The SMILES string of the molecule is CC.CC.COc1ccc(CN2Cc3cccc(C)c3C2)cc1. The first-order chi connectivity index (χ1) is 11.3. The van der Waals surface area contributed by atoms with E-state index in [1.165, 1.54) is 22.3 Å². The zero-order chi connectivity index (χ0) is 17.2. The monoisotopic (exact) mass is 313 g/mol. The average molecular weight is 313 g/mol. The number of benzene rings is 2. The van der Waals surface area contributed by atoms with E-state index >= 15 is 0 Å². The Morgan fingerprint density at radius 2 is 1.57 bits per heavy atom. The van der Waals surface area contributed by atoms with E-state index in [2.05, 4.69) is 42.2 Å². The molecule has 1 heterocycles. The molecule has 3 rings (SSSR count). The van der Waals surface area contributed by atoms with E-state index in [-0.39, 0.29) is 0 Å². The van der Waals surface area contributed by atoms with Gasteiger partial charge in [0.2, 0.25) is 0 Å². The lowest BCUT2D eigenvalue weighted by Gasteiger charge is -2.15. The van der Waals surface area contributed by atoms with Crippen LogP contribution in [0.4, 0.5) is 0 Å². The average Bonchev–Trinajstić information content (AvgIpc) is 3.03. The van der Waals surface area contributed by atoms with Crippen molar-refractivity contribution >= 4 is 0 Å². The molecule has 0 radical (unpaired) electrons. The summed E-state index contributed by atoms with van der Waals surface area (Å²) in [5.74, 6) is 0.921. The number of methoxy groups -OCH3 is 1. The molecule has 0 bridgehead atoms. The van der Waals surface area contributed by atoms with Crippen molar-refractivity contribution in [3.63, 3.8) is 0 Å². The fourth-order valence-corrected chi connectivity index (χ4v) is 2.76. The maximum absolute atomic E-state index is 5.19. The Hall–Kier alpha value is -1.80. The third-order valence-electron chi connectivity index (χ3n) is 3.85. The molecule has 0 spiro atoms. The Balaban J connectivity index is 0.000000615. The summed E-state index contributed by atoms with van der Waals surface area (Å²) in [7, 11) is 1.70. The summed E-state index contributed by atoms with van der Waals surface area (Å²) >= 11 is 0. The van der Waals surface area contributed by atoms with Gasteiger partial charge in [-0.25, -0.2) is 0 Å². The Kier molecular flexibility index (Phi) is 8.42. The van der Waals surface area contributed by atoms with Crippen LogP contribution in [0.5, 0.6) is 5.75 Å². The molecule has 2 nitrogen and oxygen atoms in total. The predicted molar refractivity (Wildman–Crippen MR) is 99.8 cm³/mol. The van der Waals surface area contributed by atoms with Crippen molar-refractivity contribution in [2.24, 2.45) is 0 Å². The molecular weight excluding hydrogens is 282 g/mol. The minimum absolute atomic E-state index is 0.921. The van der Waals surface area contributed by atoms with E-state index in [0.29, 0.717) is 0 Å². The maximum Gasteiger partial charge on any atom is 0.118 e. The van der Waals surface area contributed by atoms with Crippen LogP contribution in [0.25, 0.3) is 0 Å². The molecule has 1 aliphatic rings. The molecule has 0 amide bonds. The van der Waals surface area contributed by atoms with E-state index in [0.717, 1.165) is 25.4 Å². The summed E-state index contributed by atoms with van der Waals surface area (Å²) in [5.41, 5.74) is 5.74. The molecule has 0 unspecified atom stereocenters. The minimum Gasteiger partial charge on any atom is -0.497 e. The number of nitrogens with zero attached hydrogens (tertiary/aromatic N) is 1. The number of rotatable bonds is 3. The van der Waals surface area contributed by atoms with Crippen LogP contribution in [0.1, 0.15) is 49.9 Å². The third kappa shape index (κ3) is 5.11. The fourth-order valence-electron chi connectivity index (χ4n) is 2.76. The number of hydrogen-bond donors (Lipinski definition) is 0. The molecule has 0 aromatic heterocycles. The van der Waals surface area contributed by atoms with Crippen LogP contribution in [-0.4, -0.2) is 12.0 Å². The quantitative estimate of drug-likeness (QED) is 0.734. The van der Waals surface area contributed by atoms with Crippen molar-refractivity contribution in [3.05, 3.63) is 64.7 Å². The summed E-state index contributed by atoms with van der Waals surface area (Å²) in [6.07, 6.45) is 0. The first-order valence-electron chi connectivity index (χ1n) is 8.69. The minimum atomic E-state index is 0.921. The van der Waals surface area contributed by atoms with Crippen molar-refractivity contribution < 1.29 is 4.74 Å². The van der Waals surface area contributed by atoms with Crippen molar-refractivity contribution in [1.82, 2.24) is 4.90 Å². The highest BCUT2D eigenvalue weighted by molar-refractivity contribution is 5.37.